The van der Waals surface area contributed by atoms with Crippen molar-refractivity contribution in [2.24, 2.45) is 11.8 Å². The lowest BCUT2D eigenvalue weighted by Crippen LogP contribution is -2.41. The minimum Gasteiger partial charge on any atom is -0.480 e. The number of carbonyl (C=O) groups is 2. The molecule has 0 aliphatic heterocycles. The third-order valence-corrected chi connectivity index (χ3v) is 4.01. The predicted molar refractivity (Wildman–Crippen MR) is 93.9 cm³/mol. The number of aryl methyl sites for hydroxylation is 1. The molecule has 136 valence electrons. The fourth-order valence-corrected chi connectivity index (χ4v) is 2.82. The number of amides is 1. The van der Waals surface area contributed by atoms with Crippen molar-refractivity contribution in [1.29, 1.82) is 0 Å². The molecule has 1 heterocycles. The number of hydrogen-bond acceptors (Lipinski definition) is 3. The van der Waals surface area contributed by atoms with Gasteiger partial charge in [-0.15, -0.1) is 0 Å². The van der Waals surface area contributed by atoms with Crippen molar-refractivity contribution in [2.45, 2.75) is 73.4 Å². The van der Waals surface area contributed by atoms with Gasteiger partial charge in [-0.3, -0.25) is 9.48 Å². The van der Waals surface area contributed by atoms with Gasteiger partial charge >= 0.3 is 5.97 Å². The van der Waals surface area contributed by atoms with Gasteiger partial charge in [0.05, 0.1) is 5.69 Å². The highest BCUT2D eigenvalue weighted by Gasteiger charge is 2.21. The van der Waals surface area contributed by atoms with Crippen LogP contribution in [0, 0.1) is 25.7 Å². The van der Waals surface area contributed by atoms with E-state index in [1.165, 1.54) is 0 Å². The topological polar surface area (TPSA) is 84.2 Å². The summed E-state index contributed by atoms with van der Waals surface area (Å²) < 4.78 is 1.99. The highest BCUT2D eigenvalue weighted by molar-refractivity contribution is 5.83. The van der Waals surface area contributed by atoms with Crippen molar-refractivity contribution >= 4 is 11.9 Å². The van der Waals surface area contributed by atoms with Crippen LogP contribution in [0.2, 0.25) is 0 Å². The first-order valence-corrected chi connectivity index (χ1v) is 8.66. The monoisotopic (exact) mass is 337 g/mol. The molecular formula is C18H31N3O3. The minimum absolute atomic E-state index is 0.213. The Morgan fingerprint density at radius 1 is 1.17 bits per heavy atom. The van der Waals surface area contributed by atoms with Crippen LogP contribution in [0.15, 0.2) is 0 Å². The van der Waals surface area contributed by atoms with E-state index in [0.717, 1.165) is 23.5 Å². The Kier molecular flexibility index (Phi) is 7.45. The maximum Gasteiger partial charge on any atom is 0.326 e. The van der Waals surface area contributed by atoms with Gasteiger partial charge in [0.2, 0.25) is 5.91 Å². The van der Waals surface area contributed by atoms with Gasteiger partial charge in [-0.1, -0.05) is 27.7 Å². The molecular weight excluding hydrogens is 306 g/mol. The first-order valence-electron chi connectivity index (χ1n) is 8.66. The molecule has 0 aliphatic carbocycles. The number of rotatable bonds is 9. The second-order valence-corrected chi connectivity index (χ2v) is 7.31. The quantitative estimate of drug-likeness (QED) is 0.725. The average molecular weight is 337 g/mol. The van der Waals surface area contributed by atoms with Gasteiger partial charge in [0.25, 0.3) is 0 Å². The van der Waals surface area contributed by atoms with E-state index in [1.54, 1.807) is 0 Å². The molecule has 24 heavy (non-hydrogen) atoms. The van der Waals surface area contributed by atoms with Crippen LogP contribution < -0.4 is 5.32 Å². The standard InChI is InChI=1S/C18H31N3O3/c1-11(2)9-16(18(23)24)19-17(22)8-7-15-13(5)20-21(14(15)6)10-12(3)4/h11-12,16H,7-10H2,1-6H3,(H,19,22)(H,23,24). The molecule has 0 aliphatic rings. The number of hydrogen-bond donors (Lipinski definition) is 2. The molecule has 1 atom stereocenters. The maximum atomic E-state index is 12.1. The van der Waals surface area contributed by atoms with E-state index in [9.17, 15) is 14.7 Å². The Bertz CT molecular complexity index is 576. The van der Waals surface area contributed by atoms with Gasteiger partial charge in [0.1, 0.15) is 6.04 Å². The fraction of sp³-hybridized carbons (Fsp3) is 0.722. The molecule has 1 unspecified atom stereocenters. The zero-order valence-electron chi connectivity index (χ0n) is 15.7. The first-order chi connectivity index (χ1) is 11.1. The van der Waals surface area contributed by atoms with Crippen LogP contribution in [0.4, 0.5) is 0 Å². The first kappa shape index (κ1) is 20.2. The summed E-state index contributed by atoms with van der Waals surface area (Å²) in [6.07, 6.45) is 1.29. The number of aromatic nitrogens is 2. The summed E-state index contributed by atoms with van der Waals surface area (Å²) in [6, 6.07) is -0.816. The van der Waals surface area contributed by atoms with E-state index in [0.29, 0.717) is 18.8 Å². The summed E-state index contributed by atoms with van der Waals surface area (Å²) in [4.78, 5) is 23.3. The summed E-state index contributed by atoms with van der Waals surface area (Å²) in [5.74, 6) is -0.482. The largest absolute Gasteiger partial charge is 0.480 e. The number of aliphatic carboxylic acids is 1. The Hall–Kier alpha value is -1.85. The Morgan fingerprint density at radius 3 is 2.29 bits per heavy atom. The number of carboxylic acids is 1. The average Bonchev–Trinajstić information content (AvgIpc) is 2.69. The smallest absolute Gasteiger partial charge is 0.326 e. The van der Waals surface area contributed by atoms with Crippen LogP contribution in [0.25, 0.3) is 0 Å². The van der Waals surface area contributed by atoms with E-state index in [2.05, 4.69) is 24.3 Å². The molecule has 0 fully saturated rings. The lowest BCUT2D eigenvalue weighted by atomic mass is 10.0. The third kappa shape index (κ3) is 5.98. The van der Waals surface area contributed by atoms with Gasteiger partial charge in [-0.05, 0) is 44.1 Å². The van der Waals surface area contributed by atoms with Crippen molar-refractivity contribution in [3.8, 4) is 0 Å². The molecule has 1 aromatic heterocycles. The zero-order chi connectivity index (χ0) is 18.4. The maximum absolute atomic E-state index is 12.1. The predicted octanol–water partition coefficient (Wildman–Crippen LogP) is 2.70. The van der Waals surface area contributed by atoms with Gasteiger partial charge in [-0.2, -0.15) is 5.10 Å². The molecule has 0 aromatic carbocycles. The van der Waals surface area contributed by atoms with E-state index >= 15 is 0 Å². The summed E-state index contributed by atoms with van der Waals surface area (Å²) in [5, 5.41) is 16.4. The molecule has 1 amide bonds. The number of nitrogens with zero attached hydrogens (tertiary/aromatic N) is 2. The van der Waals surface area contributed by atoms with Crippen LogP contribution in [0.1, 0.15) is 57.5 Å². The molecule has 1 rings (SSSR count). The summed E-state index contributed by atoms with van der Waals surface area (Å²) >= 11 is 0. The zero-order valence-corrected chi connectivity index (χ0v) is 15.7. The van der Waals surface area contributed by atoms with Gasteiger partial charge in [-0.25, -0.2) is 4.79 Å². The summed E-state index contributed by atoms with van der Waals surface area (Å²) in [7, 11) is 0. The van der Waals surface area contributed by atoms with E-state index < -0.39 is 12.0 Å². The SMILES string of the molecule is Cc1nn(CC(C)C)c(C)c1CCC(=O)NC(CC(C)C)C(=O)O. The molecule has 6 nitrogen and oxygen atoms in total. The molecule has 2 N–H and O–H groups in total. The Balaban J connectivity index is 2.67. The van der Waals surface area contributed by atoms with Crippen molar-refractivity contribution in [1.82, 2.24) is 15.1 Å². The summed E-state index contributed by atoms with van der Waals surface area (Å²) in [6.45, 7) is 13.0. The molecule has 0 saturated heterocycles. The van der Waals surface area contributed by atoms with Crippen LogP contribution in [-0.2, 0) is 22.6 Å². The molecule has 1 aromatic rings. The summed E-state index contributed by atoms with van der Waals surface area (Å²) in [5.41, 5.74) is 3.12. The van der Waals surface area contributed by atoms with Gasteiger partial charge in [0.15, 0.2) is 0 Å². The van der Waals surface area contributed by atoms with Gasteiger partial charge < -0.3 is 10.4 Å². The number of nitrogens with one attached hydrogen (secondary N) is 1. The van der Waals surface area contributed by atoms with Crippen LogP contribution in [0.3, 0.4) is 0 Å². The molecule has 0 spiro atoms. The van der Waals surface area contributed by atoms with E-state index in [-0.39, 0.29) is 18.2 Å². The van der Waals surface area contributed by atoms with Crippen molar-refractivity contribution in [3.63, 3.8) is 0 Å². The van der Waals surface area contributed by atoms with Crippen LogP contribution >= 0.6 is 0 Å². The van der Waals surface area contributed by atoms with Crippen LogP contribution in [-0.4, -0.2) is 32.8 Å². The van der Waals surface area contributed by atoms with Crippen molar-refractivity contribution in [2.75, 3.05) is 0 Å². The highest BCUT2D eigenvalue weighted by Crippen LogP contribution is 2.16. The van der Waals surface area contributed by atoms with Crippen molar-refractivity contribution in [3.05, 3.63) is 17.0 Å². The fourth-order valence-electron chi connectivity index (χ4n) is 2.82. The lowest BCUT2D eigenvalue weighted by Gasteiger charge is -2.16. The number of carbonyl (C=O) groups excluding carboxylic acids is 1. The molecule has 0 radical (unpaired) electrons. The second kappa shape index (κ2) is 8.85. The van der Waals surface area contributed by atoms with E-state index in [4.69, 9.17) is 0 Å². The van der Waals surface area contributed by atoms with E-state index in [1.807, 2.05) is 32.4 Å². The minimum atomic E-state index is -0.978. The lowest BCUT2D eigenvalue weighted by molar-refractivity contribution is -0.142. The molecule has 0 saturated carbocycles. The molecule has 0 bridgehead atoms. The molecule has 6 heteroatoms. The third-order valence-electron chi connectivity index (χ3n) is 4.01. The normalized spacial score (nSPS) is 12.7. The van der Waals surface area contributed by atoms with Crippen molar-refractivity contribution < 1.29 is 14.7 Å². The van der Waals surface area contributed by atoms with Crippen LogP contribution in [0.5, 0.6) is 0 Å². The Morgan fingerprint density at radius 2 is 1.79 bits per heavy atom. The Labute approximate surface area is 144 Å². The number of carboxylic acid groups (broad SMARTS) is 1. The van der Waals surface area contributed by atoms with Gasteiger partial charge in [0, 0.05) is 18.7 Å². The highest BCUT2D eigenvalue weighted by atomic mass is 16.4. The second-order valence-electron chi connectivity index (χ2n) is 7.31.